The third-order valence-electron chi connectivity index (χ3n) is 3.77. The van der Waals surface area contributed by atoms with Crippen LogP contribution in [0, 0.1) is 6.92 Å². The Balaban J connectivity index is 1.40. The first-order chi connectivity index (χ1) is 13.2. The molecule has 0 fully saturated rings. The number of carbonyl (C=O) groups excluding carboxylic acids is 1. The summed E-state index contributed by atoms with van der Waals surface area (Å²) in [6, 6.07) is 16.1. The average molecular weight is 360 g/mol. The van der Waals surface area contributed by atoms with Gasteiger partial charge in [0, 0.05) is 17.6 Å². The Morgan fingerprint density at radius 2 is 1.81 bits per heavy atom. The Kier molecular flexibility index (Phi) is 4.36. The Morgan fingerprint density at radius 1 is 1.00 bits per heavy atom. The van der Waals surface area contributed by atoms with Crippen molar-refractivity contribution in [3.63, 3.8) is 0 Å². The zero-order valence-corrected chi connectivity index (χ0v) is 14.5. The lowest BCUT2D eigenvalue weighted by molar-refractivity contribution is 0.0996. The molecule has 3 aromatic heterocycles. The van der Waals surface area contributed by atoms with Crippen LogP contribution in [-0.2, 0) is 0 Å². The molecule has 1 amide bonds. The van der Waals surface area contributed by atoms with Gasteiger partial charge in [-0.05, 0) is 61.5 Å². The Labute approximate surface area is 154 Å². The van der Waals surface area contributed by atoms with E-state index in [1.807, 2.05) is 43.5 Å². The van der Waals surface area contributed by atoms with Gasteiger partial charge < -0.3 is 15.1 Å². The second-order valence-corrected chi connectivity index (χ2v) is 5.81. The van der Waals surface area contributed by atoms with Crippen molar-refractivity contribution in [2.24, 2.45) is 0 Å². The lowest BCUT2D eigenvalue weighted by Crippen LogP contribution is -2.10. The van der Waals surface area contributed by atoms with Gasteiger partial charge in [-0.2, -0.15) is 5.10 Å². The molecule has 0 saturated carbocycles. The number of amides is 1. The van der Waals surface area contributed by atoms with Crippen molar-refractivity contribution in [2.45, 2.75) is 6.92 Å². The highest BCUT2D eigenvalue weighted by Gasteiger charge is 2.08. The number of furan rings is 1. The Bertz CT molecular complexity index is 1040. The molecule has 0 aliphatic carbocycles. The smallest absolute Gasteiger partial charge is 0.291 e. The standard InChI is InChI=1S/C19H16N6O2/c1-13-10-11-25(24-13)18-9-8-17(22-23-18)20-14-4-6-15(7-5-14)21-19(26)16-3-2-12-27-16/h2-12H,1H3,(H,20,22)(H,21,26). The number of hydrogen-bond acceptors (Lipinski definition) is 6. The quantitative estimate of drug-likeness (QED) is 0.565. The van der Waals surface area contributed by atoms with Gasteiger partial charge in [0.25, 0.3) is 5.91 Å². The maximum atomic E-state index is 12.0. The molecule has 0 saturated heterocycles. The van der Waals surface area contributed by atoms with Gasteiger partial charge in [-0.15, -0.1) is 10.2 Å². The summed E-state index contributed by atoms with van der Waals surface area (Å²) in [7, 11) is 0. The number of hydrogen-bond donors (Lipinski definition) is 2. The van der Waals surface area contributed by atoms with Crippen LogP contribution >= 0.6 is 0 Å². The third-order valence-corrected chi connectivity index (χ3v) is 3.77. The van der Waals surface area contributed by atoms with E-state index < -0.39 is 0 Å². The molecular weight excluding hydrogens is 344 g/mol. The van der Waals surface area contributed by atoms with Crippen molar-refractivity contribution in [1.82, 2.24) is 20.0 Å². The van der Waals surface area contributed by atoms with Crippen LogP contribution in [0.5, 0.6) is 0 Å². The molecule has 0 bridgehead atoms. The van der Waals surface area contributed by atoms with Crippen LogP contribution < -0.4 is 10.6 Å². The van der Waals surface area contributed by atoms with Crippen molar-refractivity contribution >= 4 is 23.1 Å². The van der Waals surface area contributed by atoms with Crippen LogP contribution in [0.25, 0.3) is 5.82 Å². The maximum Gasteiger partial charge on any atom is 0.291 e. The van der Waals surface area contributed by atoms with Crippen LogP contribution in [0.4, 0.5) is 17.2 Å². The second kappa shape index (κ2) is 7.12. The molecular formula is C19H16N6O2. The van der Waals surface area contributed by atoms with Crippen LogP contribution in [0.15, 0.2) is 71.5 Å². The highest BCUT2D eigenvalue weighted by molar-refractivity contribution is 6.02. The minimum atomic E-state index is -0.295. The summed E-state index contributed by atoms with van der Waals surface area (Å²) in [6.45, 7) is 1.92. The third kappa shape index (κ3) is 3.84. The molecule has 0 atom stereocenters. The lowest BCUT2D eigenvalue weighted by atomic mass is 10.2. The molecule has 0 unspecified atom stereocenters. The maximum absolute atomic E-state index is 12.0. The molecule has 134 valence electrons. The SMILES string of the molecule is Cc1ccn(-c2ccc(Nc3ccc(NC(=O)c4ccco4)cc3)nn2)n1. The molecule has 0 aliphatic rings. The van der Waals surface area contributed by atoms with Crippen molar-refractivity contribution in [3.05, 3.63) is 78.5 Å². The minimum Gasteiger partial charge on any atom is -0.459 e. The number of nitrogens with one attached hydrogen (secondary N) is 2. The van der Waals surface area contributed by atoms with Gasteiger partial charge in [0.05, 0.1) is 12.0 Å². The first-order valence-corrected chi connectivity index (χ1v) is 8.26. The van der Waals surface area contributed by atoms with Crippen molar-refractivity contribution in [3.8, 4) is 5.82 Å². The molecule has 27 heavy (non-hydrogen) atoms. The number of benzene rings is 1. The zero-order chi connectivity index (χ0) is 18.6. The second-order valence-electron chi connectivity index (χ2n) is 5.81. The van der Waals surface area contributed by atoms with Gasteiger partial charge in [0.15, 0.2) is 17.4 Å². The summed E-state index contributed by atoms with van der Waals surface area (Å²) in [5.41, 5.74) is 2.40. The Morgan fingerprint density at radius 3 is 2.44 bits per heavy atom. The van der Waals surface area contributed by atoms with Crippen molar-refractivity contribution < 1.29 is 9.21 Å². The van der Waals surface area contributed by atoms with Gasteiger partial charge in [0.2, 0.25) is 0 Å². The molecule has 4 aromatic rings. The minimum absolute atomic E-state index is 0.264. The lowest BCUT2D eigenvalue weighted by Gasteiger charge is -2.08. The molecule has 2 N–H and O–H groups in total. The number of nitrogens with zero attached hydrogens (tertiary/aromatic N) is 4. The molecule has 0 aliphatic heterocycles. The fourth-order valence-electron chi connectivity index (χ4n) is 2.44. The fraction of sp³-hybridized carbons (Fsp3) is 0.0526. The topological polar surface area (TPSA) is 97.9 Å². The van der Waals surface area contributed by atoms with E-state index in [1.54, 1.807) is 28.9 Å². The number of rotatable bonds is 5. The average Bonchev–Trinajstić information content (AvgIpc) is 3.36. The van der Waals surface area contributed by atoms with E-state index in [1.165, 1.54) is 6.26 Å². The summed E-state index contributed by atoms with van der Waals surface area (Å²) in [5.74, 6) is 1.22. The number of anilines is 3. The van der Waals surface area contributed by atoms with Crippen LogP contribution in [0.1, 0.15) is 16.2 Å². The molecule has 0 spiro atoms. The highest BCUT2D eigenvalue weighted by Crippen LogP contribution is 2.18. The summed E-state index contributed by atoms with van der Waals surface area (Å²) in [4.78, 5) is 12.0. The monoisotopic (exact) mass is 360 g/mol. The van der Waals surface area contributed by atoms with E-state index in [-0.39, 0.29) is 11.7 Å². The van der Waals surface area contributed by atoms with Gasteiger partial charge in [-0.25, -0.2) is 4.68 Å². The van der Waals surface area contributed by atoms with E-state index in [4.69, 9.17) is 4.42 Å². The zero-order valence-electron chi connectivity index (χ0n) is 14.5. The molecule has 8 heteroatoms. The number of aromatic nitrogens is 4. The first kappa shape index (κ1) is 16.5. The fourth-order valence-corrected chi connectivity index (χ4v) is 2.44. The molecule has 8 nitrogen and oxygen atoms in total. The summed E-state index contributed by atoms with van der Waals surface area (Å²) in [6.07, 6.45) is 3.30. The van der Waals surface area contributed by atoms with Gasteiger partial charge in [-0.3, -0.25) is 4.79 Å². The van der Waals surface area contributed by atoms with Crippen LogP contribution in [0.2, 0.25) is 0 Å². The summed E-state index contributed by atoms with van der Waals surface area (Å²) in [5, 5.41) is 18.5. The largest absolute Gasteiger partial charge is 0.459 e. The van der Waals surface area contributed by atoms with E-state index >= 15 is 0 Å². The van der Waals surface area contributed by atoms with Gasteiger partial charge >= 0.3 is 0 Å². The van der Waals surface area contributed by atoms with E-state index in [0.717, 1.165) is 11.4 Å². The van der Waals surface area contributed by atoms with Gasteiger partial charge in [0.1, 0.15) is 0 Å². The molecule has 4 rings (SSSR count). The highest BCUT2D eigenvalue weighted by atomic mass is 16.3. The van der Waals surface area contributed by atoms with Crippen LogP contribution in [0.3, 0.4) is 0 Å². The molecule has 0 radical (unpaired) electrons. The normalized spacial score (nSPS) is 10.6. The van der Waals surface area contributed by atoms with E-state index in [2.05, 4.69) is 25.9 Å². The molecule has 3 heterocycles. The summed E-state index contributed by atoms with van der Waals surface area (Å²) >= 11 is 0. The first-order valence-electron chi connectivity index (χ1n) is 8.26. The van der Waals surface area contributed by atoms with E-state index in [9.17, 15) is 4.79 Å². The van der Waals surface area contributed by atoms with Crippen molar-refractivity contribution in [1.29, 1.82) is 0 Å². The van der Waals surface area contributed by atoms with Gasteiger partial charge in [-0.1, -0.05) is 0 Å². The summed E-state index contributed by atoms with van der Waals surface area (Å²) < 4.78 is 6.74. The number of aryl methyl sites for hydroxylation is 1. The molecule has 1 aromatic carbocycles. The predicted molar refractivity (Wildman–Crippen MR) is 100 cm³/mol. The predicted octanol–water partition coefficient (Wildman–Crippen LogP) is 3.56. The van der Waals surface area contributed by atoms with Crippen LogP contribution in [-0.4, -0.2) is 25.9 Å². The van der Waals surface area contributed by atoms with Crippen molar-refractivity contribution in [2.75, 3.05) is 10.6 Å². The Hall–Kier alpha value is -3.94. The number of carbonyl (C=O) groups is 1. The van der Waals surface area contributed by atoms with E-state index in [0.29, 0.717) is 17.3 Å².